The van der Waals surface area contributed by atoms with Crippen LogP contribution in [0.15, 0.2) is 30.4 Å². The Morgan fingerprint density at radius 2 is 2.00 bits per heavy atom. The number of benzene rings is 1. The lowest BCUT2D eigenvalue weighted by Gasteiger charge is -2.20. The molecule has 1 aromatic rings. The molecule has 1 N–H and O–H groups in total. The zero-order valence-electron chi connectivity index (χ0n) is 9.38. The minimum absolute atomic E-state index is 0.0367. The van der Waals surface area contributed by atoms with Gasteiger partial charge in [-0.2, -0.15) is 0 Å². The van der Waals surface area contributed by atoms with E-state index in [0.717, 1.165) is 6.08 Å². The molecular formula is C12H8Cl2O5. The maximum atomic E-state index is 11.2. The largest absolute Gasteiger partial charge is 0.478 e. The molecule has 0 fully saturated rings. The Bertz CT molecular complexity index is 535. The van der Waals surface area contributed by atoms with E-state index in [1.165, 1.54) is 18.2 Å². The molecular weight excluding hydrogens is 295 g/mol. The molecule has 1 aliphatic rings. The van der Waals surface area contributed by atoms with E-state index < -0.39 is 24.1 Å². The van der Waals surface area contributed by atoms with Crippen LogP contribution in [0.2, 0.25) is 10.0 Å². The third-order valence-corrected chi connectivity index (χ3v) is 2.98. The summed E-state index contributed by atoms with van der Waals surface area (Å²) >= 11 is 11.8. The summed E-state index contributed by atoms with van der Waals surface area (Å²) in [6.45, 7) is 0. The molecule has 0 bridgehead atoms. The van der Waals surface area contributed by atoms with Gasteiger partial charge in [-0.3, -0.25) is 0 Å². The molecule has 1 aromatic carbocycles. The lowest BCUT2D eigenvalue weighted by molar-refractivity contribution is -0.154. The fourth-order valence-electron chi connectivity index (χ4n) is 1.53. The number of carbonyl (C=O) groups excluding carboxylic acids is 1. The van der Waals surface area contributed by atoms with Crippen molar-refractivity contribution in [2.75, 3.05) is 0 Å². The van der Waals surface area contributed by atoms with Gasteiger partial charge in [0, 0.05) is 6.08 Å². The molecule has 5 nitrogen and oxygen atoms in total. The van der Waals surface area contributed by atoms with Gasteiger partial charge in [-0.05, 0) is 18.2 Å². The van der Waals surface area contributed by atoms with Gasteiger partial charge in [-0.25, -0.2) is 9.59 Å². The highest BCUT2D eigenvalue weighted by molar-refractivity contribution is 6.37. The van der Waals surface area contributed by atoms with Crippen LogP contribution >= 0.6 is 23.2 Å². The molecule has 0 aliphatic carbocycles. The van der Waals surface area contributed by atoms with Crippen molar-refractivity contribution in [1.29, 1.82) is 0 Å². The number of esters is 1. The summed E-state index contributed by atoms with van der Waals surface area (Å²) in [5.41, 5.74) is 0. The maximum Gasteiger partial charge on any atom is 0.349 e. The van der Waals surface area contributed by atoms with Gasteiger partial charge in [0.25, 0.3) is 0 Å². The summed E-state index contributed by atoms with van der Waals surface area (Å²) in [7, 11) is 0. The number of rotatable bonds is 4. The molecule has 2 unspecified atom stereocenters. The standard InChI is InChI=1S/C12H8Cl2O5/c13-6-2-1-3-7(14)10(6)19-11(12(16)17)8-4-5-9(15)18-8/h1-5,8,11H,(H,16,17). The van der Waals surface area contributed by atoms with E-state index in [9.17, 15) is 9.59 Å². The number of carboxylic acids is 1. The van der Waals surface area contributed by atoms with E-state index in [1.807, 2.05) is 0 Å². The smallest absolute Gasteiger partial charge is 0.349 e. The molecule has 0 saturated carbocycles. The number of halogens is 2. The first-order valence-electron chi connectivity index (χ1n) is 5.21. The predicted molar refractivity (Wildman–Crippen MR) is 67.5 cm³/mol. The average molecular weight is 303 g/mol. The normalized spacial score (nSPS) is 19.1. The van der Waals surface area contributed by atoms with Crippen molar-refractivity contribution in [2.45, 2.75) is 12.2 Å². The summed E-state index contributed by atoms with van der Waals surface area (Å²) in [4.78, 5) is 22.1. The fourth-order valence-corrected chi connectivity index (χ4v) is 2.02. The van der Waals surface area contributed by atoms with Gasteiger partial charge >= 0.3 is 11.9 Å². The van der Waals surface area contributed by atoms with Crippen molar-refractivity contribution in [3.63, 3.8) is 0 Å². The third kappa shape index (κ3) is 3.00. The number of aliphatic carboxylic acids is 1. The highest BCUT2D eigenvalue weighted by atomic mass is 35.5. The van der Waals surface area contributed by atoms with Gasteiger partial charge in [0.1, 0.15) is 0 Å². The molecule has 0 spiro atoms. The van der Waals surface area contributed by atoms with E-state index in [1.54, 1.807) is 6.07 Å². The number of para-hydroxylation sites is 1. The summed E-state index contributed by atoms with van der Waals surface area (Å²) in [6.07, 6.45) is 0.0155. The van der Waals surface area contributed by atoms with Crippen molar-refractivity contribution in [1.82, 2.24) is 0 Å². The first-order chi connectivity index (χ1) is 8.99. The number of ether oxygens (including phenoxy) is 2. The molecule has 1 heterocycles. The lowest BCUT2D eigenvalue weighted by Crippen LogP contribution is -2.39. The van der Waals surface area contributed by atoms with Crippen LogP contribution in [-0.2, 0) is 14.3 Å². The lowest BCUT2D eigenvalue weighted by atomic mass is 10.2. The number of carbonyl (C=O) groups is 2. The quantitative estimate of drug-likeness (QED) is 0.864. The van der Waals surface area contributed by atoms with Crippen LogP contribution in [0.5, 0.6) is 5.75 Å². The minimum Gasteiger partial charge on any atom is -0.478 e. The molecule has 7 heteroatoms. The van der Waals surface area contributed by atoms with Crippen molar-refractivity contribution in [3.05, 3.63) is 40.4 Å². The van der Waals surface area contributed by atoms with Crippen molar-refractivity contribution < 1.29 is 24.2 Å². The van der Waals surface area contributed by atoms with Crippen LogP contribution in [-0.4, -0.2) is 29.3 Å². The highest BCUT2D eigenvalue weighted by Crippen LogP contribution is 2.34. The number of carboxylic acid groups (broad SMARTS) is 1. The Morgan fingerprint density at radius 3 is 2.47 bits per heavy atom. The van der Waals surface area contributed by atoms with Gasteiger partial charge < -0.3 is 14.6 Å². The highest BCUT2D eigenvalue weighted by Gasteiger charge is 2.35. The van der Waals surface area contributed by atoms with Crippen LogP contribution in [0.4, 0.5) is 0 Å². The monoisotopic (exact) mass is 302 g/mol. The zero-order valence-corrected chi connectivity index (χ0v) is 10.9. The van der Waals surface area contributed by atoms with Gasteiger partial charge in [-0.15, -0.1) is 0 Å². The van der Waals surface area contributed by atoms with E-state index in [-0.39, 0.29) is 15.8 Å². The van der Waals surface area contributed by atoms with E-state index >= 15 is 0 Å². The van der Waals surface area contributed by atoms with Crippen molar-refractivity contribution in [3.8, 4) is 5.75 Å². The Labute approximate surface area is 118 Å². The van der Waals surface area contributed by atoms with E-state index in [0.29, 0.717) is 0 Å². The van der Waals surface area contributed by atoms with Crippen LogP contribution in [0.3, 0.4) is 0 Å². The number of cyclic esters (lactones) is 1. The fraction of sp³-hybridized carbons (Fsp3) is 0.167. The Morgan fingerprint density at radius 1 is 1.37 bits per heavy atom. The summed E-state index contributed by atoms with van der Waals surface area (Å²) < 4.78 is 10.1. The molecule has 0 aromatic heterocycles. The number of hydrogen-bond acceptors (Lipinski definition) is 4. The molecule has 2 atom stereocenters. The first-order valence-corrected chi connectivity index (χ1v) is 5.97. The maximum absolute atomic E-state index is 11.2. The van der Waals surface area contributed by atoms with Gasteiger partial charge in [0.15, 0.2) is 11.9 Å². The predicted octanol–water partition coefficient (Wildman–Crippen LogP) is 2.31. The van der Waals surface area contributed by atoms with E-state index in [2.05, 4.69) is 0 Å². The summed E-state index contributed by atoms with van der Waals surface area (Å²) in [6, 6.07) is 4.62. The van der Waals surface area contributed by atoms with Gasteiger partial charge in [0.2, 0.25) is 6.10 Å². The number of hydrogen-bond donors (Lipinski definition) is 1. The van der Waals surface area contributed by atoms with Gasteiger partial charge in [-0.1, -0.05) is 29.3 Å². The second-order valence-electron chi connectivity index (χ2n) is 3.69. The zero-order chi connectivity index (χ0) is 14.0. The van der Waals surface area contributed by atoms with Crippen LogP contribution in [0.1, 0.15) is 0 Å². The van der Waals surface area contributed by atoms with Crippen molar-refractivity contribution in [2.24, 2.45) is 0 Å². The van der Waals surface area contributed by atoms with Crippen LogP contribution in [0.25, 0.3) is 0 Å². The minimum atomic E-state index is -1.42. The third-order valence-electron chi connectivity index (χ3n) is 2.38. The molecule has 1 aliphatic heterocycles. The molecule has 0 amide bonds. The van der Waals surface area contributed by atoms with E-state index in [4.69, 9.17) is 37.8 Å². The second-order valence-corrected chi connectivity index (χ2v) is 4.50. The van der Waals surface area contributed by atoms with Gasteiger partial charge in [0.05, 0.1) is 10.0 Å². The van der Waals surface area contributed by atoms with Crippen molar-refractivity contribution >= 4 is 35.1 Å². The van der Waals surface area contributed by atoms with Crippen LogP contribution in [0, 0.1) is 0 Å². The summed E-state index contributed by atoms with van der Waals surface area (Å²) in [5, 5.41) is 9.47. The molecule has 19 heavy (non-hydrogen) atoms. The SMILES string of the molecule is O=C1C=CC(C(Oc2c(Cl)cccc2Cl)C(=O)O)O1. The second kappa shape index (κ2) is 5.50. The Balaban J connectivity index is 2.25. The Hall–Kier alpha value is -1.72. The topological polar surface area (TPSA) is 72.8 Å². The molecule has 100 valence electrons. The first kappa shape index (κ1) is 13.7. The Kier molecular flexibility index (Phi) is 3.97. The molecule has 2 rings (SSSR count). The summed E-state index contributed by atoms with van der Waals surface area (Å²) in [5.74, 6) is -1.87. The molecule has 0 radical (unpaired) electrons. The molecule has 0 saturated heterocycles. The van der Waals surface area contributed by atoms with Crippen LogP contribution < -0.4 is 4.74 Å². The average Bonchev–Trinajstić information content (AvgIpc) is 2.74.